The van der Waals surface area contributed by atoms with E-state index in [1.807, 2.05) is 0 Å². The predicted octanol–water partition coefficient (Wildman–Crippen LogP) is -1.32. The van der Waals surface area contributed by atoms with Crippen molar-refractivity contribution in [2.75, 3.05) is 26.2 Å². The molecule has 3 aliphatic rings. The number of hydrogen-bond acceptors (Lipinski definition) is 6. The maximum absolute atomic E-state index is 12.3. The molecule has 10 nitrogen and oxygen atoms in total. The van der Waals surface area contributed by atoms with Gasteiger partial charge < -0.3 is 15.3 Å². The molecule has 0 aromatic heterocycles. The van der Waals surface area contributed by atoms with Gasteiger partial charge in [-0.1, -0.05) is 0 Å². The minimum Gasteiger partial charge on any atom is -0.479 e. The zero-order valence-corrected chi connectivity index (χ0v) is 12.6. The monoisotopic (exact) mass is 328 g/mol. The van der Waals surface area contributed by atoms with E-state index in [9.17, 15) is 14.4 Å². The number of hydrogen-bond donors (Lipinski definition) is 3. The second kappa shape index (κ2) is 6.69. The number of carboxylic acids is 1. The summed E-state index contributed by atoms with van der Waals surface area (Å²) >= 11 is 0. The highest BCUT2D eigenvalue weighted by Crippen LogP contribution is 2.30. The molecule has 0 radical (unpaired) electrons. The Balaban J connectivity index is 1.55. The van der Waals surface area contributed by atoms with Gasteiger partial charge in [-0.25, -0.2) is 15.1 Å². The van der Waals surface area contributed by atoms with E-state index in [4.69, 9.17) is 14.8 Å². The molecular weight excluding hydrogens is 308 g/mol. The highest BCUT2D eigenvalue weighted by Gasteiger charge is 2.48. The molecular formula is C13H20N4O6. The molecule has 0 saturated carbocycles. The van der Waals surface area contributed by atoms with E-state index in [1.54, 1.807) is 0 Å². The van der Waals surface area contributed by atoms with Crippen LogP contribution in [0.25, 0.3) is 0 Å². The van der Waals surface area contributed by atoms with Gasteiger partial charge in [0.1, 0.15) is 6.04 Å². The third kappa shape index (κ3) is 3.38. The smallest absolute Gasteiger partial charge is 0.345 e. The van der Waals surface area contributed by atoms with Gasteiger partial charge >= 0.3 is 12.0 Å². The lowest BCUT2D eigenvalue weighted by Crippen LogP contribution is -2.50. The Hall–Kier alpha value is -1.91. The number of piperidine rings is 1. The van der Waals surface area contributed by atoms with Crippen LogP contribution in [0, 0.1) is 0 Å². The average Bonchev–Trinajstić information content (AvgIpc) is 3.12. The van der Waals surface area contributed by atoms with E-state index in [1.165, 1.54) is 4.90 Å². The van der Waals surface area contributed by atoms with Crippen LogP contribution in [0.2, 0.25) is 0 Å². The zero-order valence-electron chi connectivity index (χ0n) is 12.6. The molecule has 3 heterocycles. The fraction of sp³-hybridized carbons (Fsp3) is 0.769. The summed E-state index contributed by atoms with van der Waals surface area (Å²) in [4.78, 5) is 46.9. The number of fused-ring (bicyclic) bond motifs is 2. The van der Waals surface area contributed by atoms with Gasteiger partial charge in [0, 0.05) is 13.1 Å². The molecule has 0 unspecified atom stereocenters. The van der Waals surface area contributed by atoms with Gasteiger partial charge in [0.15, 0.2) is 6.61 Å². The van der Waals surface area contributed by atoms with Gasteiger partial charge in [-0.15, -0.1) is 0 Å². The Morgan fingerprint density at radius 3 is 2.87 bits per heavy atom. The molecule has 3 N–H and O–H groups in total. The van der Waals surface area contributed by atoms with Gasteiger partial charge in [0.05, 0.1) is 12.1 Å². The lowest BCUT2D eigenvalue weighted by Gasteiger charge is -2.29. The van der Waals surface area contributed by atoms with Crippen molar-refractivity contribution in [1.82, 2.24) is 20.8 Å². The summed E-state index contributed by atoms with van der Waals surface area (Å²) in [6, 6.07) is -1.31. The summed E-state index contributed by atoms with van der Waals surface area (Å²) in [6.45, 7) is 1.31. The number of carboxylic acid groups (broad SMARTS) is 1. The number of amides is 3. The summed E-state index contributed by atoms with van der Waals surface area (Å²) in [5.41, 5.74) is 2.44. The van der Waals surface area contributed by atoms with Gasteiger partial charge in [0.2, 0.25) is 0 Å². The molecule has 0 aromatic rings. The minimum atomic E-state index is -1.15. The Morgan fingerprint density at radius 2 is 2.17 bits per heavy atom. The number of nitrogens with zero attached hydrogens (tertiary/aromatic N) is 2. The first-order valence-electron chi connectivity index (χ1n) is 7.67. The SMILES string of the molecule is O=C(O)CON1C(=O)N2C[C@H]1CC[C@H]2C(=O)NO[C@H]1CCNC1. The number of hydroxylamine groups is 3. The first kappa shape index (κ1) is 16.0. The lowest BCUT2D eigenvalue weighted by atomic mass is 10.0. The predicted molar refractivity (Wildman–Crippen MR) is 74.8 cm³/mol. The van der Waals surface area contributed by atoms with E-state index < -0.39 is 24.6 Å². The van der Waals surface area contributed by atoms with E-state index in [0.29, 0.717) is 25.9 Å². The van der Waals surface area contributed by atoms with Gasteiger partial charge in [0.25, 0.3) is 5.91 Å². The minimum absolute atomic E-state index is 0.0556. The largest absolute Gasteiger partial charge is 0.479 e. The second-order valence-electron chi connectivity index (χ2n) is 5.87. The normalized spacial score (nSPS) is 29.9. The Morgan fingerprint density at radius 1 is 1.35 bits per heavy atom. The second-order valence-corrected chi connectivity index (χ2v) is 5.87. The summed E-state index contributed by atoms with van der Waals surface area (Å²) in [5.74, 6) is -1.51. The quantitative estimate of drug-likeness (QED) is 0.517. The van der Waals surface area contributed by atoms with Crippen molar-refractivity contribution in [3.8, 4) is 0 Å². The van der Waals surface area contributed by atoms with Gasteiger partial charge in [-0.2, -0.15) is 5.06 Å². The van der Waals surface area contributed by atoms with Crippen molar-refractivity contribution in [3.63, 3.8) is 0 Å². The van der Waals surface area contributed by atoms with Crippen molar-refractivity contribution >= 4 is 17.9 Å². The molecule has 0 aromatic carbocycles. The molecule has 0 spiro atoms. The molecule has 23 heavy (non-hydrogen) atoms. The zero-order chi connectivity index (χ0) is 16.4. The number of aliphatic carboxylic acids is 1. The van der Waals surface area contributed by atoms with Crippen LogP contribution in [-0.4, -0.2) is 77.4 Å². The molecule has 10 heteroatoms. The molecule has 3 aliphatic heterocycles. The number of carbonyl (C=O) groups excluding carboxylic acids is 2. The summed E-state index contributed by atoms with van der Waals surface area (Å²) < 4.78 is 0. The van der Waals surface area contributed by atoms with Crippen LogP contribution in [0.4, 0.5) is 4.79 Å². The van der Waals surface area contributed by atoms with Crippen LogP contribution in [0.1, 0.15) is 19.3 Å². The fourth-order valence-corrected chi connectivity index (χ4v) is 3.13. The molecule has 0 aliphatic carbocycles. The van der Waals surface area contributed by atoms with E-state index >= 15 is 0 Å². The molecule has 3 saturated heterocycles. The number of nitrogens with one attached hydrogen (secondary N) is 2. The number of urea groups is 1. The molecule has 2 bridgehead atoms. The van der Waals surface area contributed by atoms with Crippen LogP contribution >= 0.6 is 0 Å². The highest BCUT2D eigenvalue weighted by molar-refractivity contribution is 5.88. The summed E-state index contributed by atoms with van der Waals surface area (Å²) in [5, 5.41) is 12.9. The summed E-state index contributed by atoms with van der Waals surface area (Å²) in [6.07, 6.45) is 1.83. The van der Waals surface area contributed by atoms with Gasteiger partial charge in [-0.05, 0) is 25.8 Å². The average molecular weight is 328 g/mol. The van der Waals surface area contributed by atoms with Crippen molar-refractivity contribution < 1.29 is 29.2 Å². The lowest BCUT2D eigenvalue weighted by molar-refractivity contribution is -0.167. The van der Waals surface area contributed by atoms with Crippen LogP contribution in [-0.2, 0) is 19.3 Å². The van der Waals surface area contributed by atoms with Crippen molar-refractivity contribution in [2.45, 2.75) is 37.5 Å². The van der Waals surface area contributed by atoms with E-state index in [0.717, 1.165) is 18.0 Å². The Bertz CT molecular complexity index is 495. The van der Waals surface area contributed by atoms with Gasteiger partial charge in [-0.3, -0.25) is 14.5 Å². The van der Waals surface area contributed by atoms with E-state index in [-0.39, 0.29) is 18.1 Å². The maximum Gasteiger partial charge on any atom is 0.345 e. The standard InChI is InChI=1S/C13H20N4O6/c18-11(19)7-22-17-8-1-2-10(16(6-8)13(17)21)12(20)15-23-9-3-4-14-5-9/h8-10,14H,1-7H2,(H,15,20)(H,18,19)/t8-,9+,10+/m1/s1. The number of carbonyl (C=O) groups is 3. The maximum atomic E-state index is 12.3. The topological polar surface area (TPSA) is 120 Å². The molecule has 3 rings (SSSR count). The highest BCUT2D eigenvalue weighted by atomic mass is 16.7. The van der Waals surface area contributed by atoms with Crippen LogP contribution in [0.3, 0.4) is 0 Å². The number of rotatable bonds is 6. The van der Waals surface area contributed by atoms with Crippen LogP contribution < -0.4 is 10.8 Å². The fourth-order valence-electron chi connectivity index (χ4n) is 3.13. The first-order chi connectivity index (χ1) is 11.1. The molecule has 3 atom stereocenters. The van der Waals surface area contributed by atoms with Crippen molar-refractivity contribution in [2.24, 2.45) is 0 Å². The third-order valence-electron chi connectivity index (χ3n) is 4.29. The Labute approximate surface area is 132 Å². The van der Waals surface area contributed by atoms with Crippen LogP contribution in [0.5, 0.6) is 0 Å². The molecule has 3 fully saturated rings. The summed E-state index contributed by atoms with van der Waals surface area (Å²) in [7, 11) is 0. The van der Waals surface area contributed by atoms with E-state index in [2.05, 4.69) is 10.8 Å². The van der Waals surface area contributed by atoms with Crippen LogP contribution in [0.15, 0.2) is 0 Å². The molecule has 128 valence electrons. The molecule has 3 amide bonds. The van der Waals surface area contributed by atoms with Crippen molar-refractivity contribution in [3.05, 3.63) is 0 Å². The Kier molecular flexibility index (Phi) is 4.64. The third-order valence-corrected chi connectivity index (χ3v) is 4.29. The first-order valence-corrected chi connectivity index (χ1v) is 7.67. The van der Waals surface area contributed by atoms with Crippen molar-refractivity contribution in [1.29, 1.82) is 0 Å².